The summed E-state index contributed by atoms with van der Waals surface area (Å²) in [5, 5.41) is 0.660. The Morgan fingerprint density at radius 1 is 1.10 bits per heavy atom. The van der Waals surface area contributed by atoms with Gasteiger partial charge in [0.1, 0.15) is 6.04 Å². The molecule has 1 heterocycles. The maximum Gasteiger partial charge on any atom is 0.248 e. The van der Waals surface area contributed by atoms with Gasteiger partial charge in [0, 0.05) is 16.3 Å². The van der Waals surface area contributed by atoms with E-state index in [2.05, 4.69) is 0 Å². The van der Waals surface area contributed by atoms with Crippen LogP contribution in [-0.2, 0) is 11.3 Å². The van der Waals surface area contributed by atoms with Gasteiger partial charge in [0.05, 0.1) is 6.54 Å². The van der Waals surface area contributed by atoms with E-state index in [0.29, 0.717) is 11.6 Å². The molecular formula is C15H14Cl2N2O. The topological polar surface area (TPSA) is 46.3 Å². The van der Waals surface area contributed by atoms with E-state index in [0.717, 1.165) is 16.8 Å². The smallest absolute Gasteiger partial charge is 0.248 e. The van der Waals surface area contributed by atoms with Gasteiger partial charge < -0.3 is 10.6 Å². The minimum absolute atomic E-state index is 0. The van der Waals surface area contributed by atoms with Crippen molar-refractivity contribution in [1.29, 1.82) is 0 Å². The first-order valence-electron chi connectivity index (χ1n) is 6.08. The zero-order valence-electron chi connectivity index (χ0n) is 10.6. The maximum absolute atomic E-state index is 12.2. The number of para-hydroxylation sites is 1. The molecular weight excluding hydrogens is 295 g/mol. The van der Waals surface area contributed by atoms with Crippen molar-refractivity contribution in [2.45, 2.75) is 12.6 Å². The first kappa shape index (κ1) is 14.9. The Morgan fingerprint density at radius 3 is 2.50 bits per heavy atom. The Labute approximate surface area is 128 Å². The lowest BCUT2D eigenvalue weighted by Crippen LogP contribution is -2.31. The largest absolute Gasteiger partial charge is 0.316 e. The highest BCUT2D eigenvalue weighted by atomic mass is 35.5. The fraction of sp³-hybridized carbons (Fsp3) is 0.133. The average Bonchev–Trinajstić information content (AvgIpc) is 2.67. The van der Waals surface area contributed by atoms with Crippen molar-refractivity contribution in [3.63, 3.8) is 0 Å². The van der Waals surface area contributed by atoms with E-state index in [9.17, 15) is 4.79 Å². The molecule has 0 fully saturated rings. The lowest BCUT2D eigenvalue weighted by Gasteiger charge is -2.18. The lowest BCUT2D eigenvalue weighted by molar-refractivity contribution is -0.119. The summed E-state index contributed by atoms with van der Waals surface area (Å²) in [5.74, 6) is -0.0823. The van der Waals surface area contributed by atoms with Crippen LogP contribution < -0.4 is 10.6 Å². The van der Waals surface area contributed by atoms with Crippen molar-refractivity contribution in [2.75, 3.05) is 4.90 Å². The van der Waals surface area contributed by atoms with Gasteiger partial charge in [0.15, 0.2) is 0 Å². The second kappa shape index (κ2) is 5.83. The number of fused-ring (bicyclic) bond motifs is 1. The first-order valence-corrected chi connectivity index (χ1v) is 6.45. The quantitative estimate of drug-likeness (QED) is 0.925. The predicted molar refractivity (Wildman–Crippen MR) is 83.3 cm³/mol. The minimum Gasteiger partial charge on any atom is -0.316 e. The van der Waals surface area contributed by atoms with Crippen molar-refractivity contribution >= 4 is 35.6 Å². The normalized spacial score (nSPS) is 16.8. The third-order valence-corrected chi connectivity index (χ3v) is 3.75. The van der Waals surface area contributed by atoms with Crippen molar-refractivity contribution in [1.82, 2.24) is 0 Å². The Kier molecular flexibility index (Phi) is 4.33. The number of nitrogens with two attached hydrogens (primary N) is 1. The van der Waals surface area contributed by atoms with E-state index in [4.69, 9.17) is 17.3 Å². The van der Waals surface area contributed by atoms with E-state index >= 15 is 0 Å². The number of amides is 1. The predicted octanol–water partition coefficient (Wildman–Crippen LogP) is 3.31. The summed E-state index contributed by atoms with van der Waals surface area (Å²) in [6, 6.07) is 14.6. The monoisotopic (exact) mass is 308 g/mol. The van der Waals surface area contributed by atoms with Gasteiger partial charge in [-0.15, -0.1) is 12.4 Å². The fourth-order valence-electron chi connectivity index (χ4n) is 2.38. The van der Waals surface area contributed by atoms with Crippen LogP contribution in [-0.4, -0.2) is 5.91 Å². The zero-order valence-corrected chi connectivity index (χ0v) is 12.2. The van der Waals surface area contributed by atoms with Crippen LogP contribution in [0.3, 0.4) is 0 Å². The molecule has 1 aliphatic rings. The summed E-state index contributed by atoms with van der Waals surface area (Å²) in [4.78, 5) is 13.9. The van der Waals surface area contributed by atoms with Crippen LogP contribution in [0.2, 0.25) is 5.02 Å². The molecule has 3 rings (SSSR count). The highest BCUT2D eigenvalue weighted by molar-refractivity contribution is 6.31. The molecule has 1 atom stereocenters. The van der Waals surface area contributed by atoms with Crippen molar-refractivity contribution in [2.24, 2.45) is 5.73 Å². The van der Waals surface area contributed by atoms with E-state index in [1.165, 1.54) is 0 Å². The van der Waals surface area contributed by atoms with Gasteiger partial charge in [-0.1, -0.05) is 48.0 Å². The number of hydrogen-bond acceptors (Lipinski definition) is 2. The number of anilines is 1. The number of rotatable bonds is 2. The Balaban J connectivity index is 0.00000147. The van der Waals surface area contributed by atoms with Gasteiger partial charge in [-0.2, -0.15) is 0 Å². The van der Waals surface area contributed by atoms with Crippen LogP contribution >= 0.6 is 24.0 Å². The second-order valence-electron chi connectivity index (χ2n) is 4.55. The summed E-state index contributed by atoms with van der Waals surface area (Å²) >= 11 is 6.14. The zero-order chi connectivity index (χ0) is 13.4. The standard InChI is InChI=1S/C15H13ClN2O.ClH/c16-12-7-3-1-5-10(12)9-18-13-8-4-2-6-11(13)14(17)15(18)19;/h1-8,14H,9,17H2;1H. The molecule has 5 heteroatoms. The third-order valence-electron chi connectivity index (χ3n) is 3.38. The number of nitrogens with zero attached hydrogens (tertiary/aromatic N) is 1. The molecule has 104 valence electrons. The lowest BCUT2D eigenvalue weighted by atomic mass is 10.1. The minimum atomic E-state index is -0.571. The molecule has 2 aromatic rings. The molecule has 0 bridgehead atoms. The Bertz CT molecular complexity index is 645. The van der Waals surface area contributed by atoms with Crippen LogP contribution in [0.25, 0.3) is 0 Å². The third kappa shape index (κ3) is 2.40. The van der Waals surface area contributed by atoms with Gasteiger partial charge in [-0.25, -0.2) is 0 Å². The summed E-state index contributed by atoms with van der Waals surface area (Å²) in [5.41, 5.74) is 8.62. The maximum atomic E-state index is 12.2. The fourth-order valence-corrected chi connectivity index (χ4v) is 2.57. The summed E-state index contributed by atoms with van der Waals surface area (Å²) in [6.45, 7) is 0.448. The molecule has 1 amide bonds. The van der Waals surface area contributed by atoms with Gasteiger partial charge in [-0.05, 0) is 17.7 Å². The number of hydrogen-bond donors (Lipinski definition) is 1. The Hall–Kier alpha value is -1.55. The summed E-state index contributed by atoms with van der Waals surface area (Å²) in [7, 11) is 0. The number of carbonyl (C=O) groups excluding carboxylic acids is 1. The van der Waals surface area contributed by atoms with Gasteiger partial charge in [0.25, 0.3) is 0 Å². The molecule has 0 saturated carbocycles. The Morgan fingerprint density at radius 2 is 1.75 bits per heavy atom. The number of halogens is 2. The van der Waals surface area contributed by atoms with Gasteiger partial charge in [-0.3, -0.25) is 4.79 Å². The molecule has 3 nitrogen and oxygen atoms in total. The molecule has 2 aromatic carbocycles. The van der Waals surface area contributed by atoms with Crippen LogP contribution in [0.5, 0.6) is 0 Å². The van der Waals surface area contributed by atoms with E-state index in [1.807, 2.05) is 48.5 Å². The highest BCUT2D eigenvalue weighted by Gasteiger charge is 2.34. The van der Waals surface area contributed by atoms with Crippen LogP contribution in [0.15, 0.2) is 48.5 Å². The first-order chi connectivity index (χ1) is 9.18. The van der Waals surface area contributed by atoms with E-state index in [-0.39, 0.29) is 18.3 Å². The molecule has 0 radical (unpaired) electrons. The molecule has 0 saturated heterocycles. The van der Waals surface area contributed by atoms with Crippen molar-refractivity contribution < 1.29 is 4.79 Å². The van der Waals surface area contributed by atoms with Crippen molar-refractivity contribution in [3.8, 4) is 0 Å². The number of benzene rings is 2. The van der Waals surface area contributed by atoms with E-state index in [1.54, 1.807) is 4.90 Å². The van der Waals surface area contributed by atoms with Crippen LogP contribution in [0.4, 0.5) is 5.69 Å². The molecule has 1 aliphatic heterocycles. The highest BCUT2D eigenvalue weighted by Crippen LogP contribution is 2.35. The molecule has 0 aliphatic carbocycles. The van der Waals surface area contributed by atoms with Gasteiger partial charge >= 0.3 is 0 Å². The molecule has 1 unspecified atom stereocenters. The van der Waals surface area contributed by atoms with Gasteiger partial charge in [0.2, 0.25) is 5.91 Å². The molecule has 20 heavy (non-hydrogen) atoms. The summed E-state index contributed by atoms with van der Waals surface area (Å²) < 4.78 is 0. The number of carbonyl (C=O) groups is 1. The molecule has 2 N–H and O–H groups in total. The molecule has 0 spiro atoms. The SMILES string of the molecule is Cl.NC1C(=O)N(Cc2ccccc2Cl)c2ccccc21. The average molecular weight is 309 g/mol. The van der Waals surface area contributed by atoms with Crippen LogP contribution in [0.1, 0.15) is 17.2 Å². The van der Waals surface area contributed by atoms with Crippen molar-refractivity contribution in [3.05, 3.63) is 64.7 Å². The van der Waals surface area contributed by atoms with E-state index < -0.39 is 6.04 Å². The summed E-state index contributed by atoms with van der Waals surface area (Å²) in [6.07, 6.45) is 0. The molecule has 0 aromatic heterocycles. The second-order valence-corrected chi connectivity index (χ2v) is 4.96. The van der Waals surface area contributed by atoms with Crippen LogP contribution in [0, 0.1) is 0 Å².